The zero-order valence-corrected chi connectivity index (χ0v) is 17.9. The highest BCUT2D eigenvalue weighted by molar-refractivity contribution is 5.74. The number of aryl methyl sites for hydroxylation is 1. The topological polar surface area (TPSA) is 71.4 Å². The monoisotopic (exact) mass is 407 g/mol. The fraction of sp³-hybridized carbons (Fsp3) is 0.304. The summed E-state index contributed by atoms with van der Waals surface area (Å²) in [6.45, 7) is 2.44. The van der Waals surface area contributed by atoms with Gasteiger partial charge in [0.25, 0.3) is 0 Å². The molecule has 1 heterocycles. The van der Waals surface area contributed by atoms with Gasteiger partial charge in [0.2, 0.25) is 0 Å². The van der Waals surface area contributed by atoms with Crippen molar-refractivity contribution in [2.24, 2.45) is 7.05 Å². The van der Waals surface area contributed by atoms with Crippen molar-refractivity contribution in [1.82, 2.24) is 25.3 Å². The Morgan fingerprint density at radius 2 is 1.73 bits per heavy atom. The third-order valence-corrected chi connectivity index (χ3v) is 4.90. The molecule has 3 aromatic rings. The Kier molecular flexibility index (Phi) is 7.08. The maximum absolute atomic E-state index is 12.4. The van der Waals surface area contributed by atoms with E-state index in [0.29, 0.717) is 6.54 Å². The van der Waals surface area contributed by atoms with Crippen molar-refractivity contribution in [1.29, 1.82) is 0 Å². The summed E-state index contributed by atoms with van der Waals surface area (Å²) >= 11 is 0. The van der Waals surface area contributed by atoms with Gasteiger partial charge in [0.1, 0.15) is 11.5 Å². The minimum absolute atomic E-state index is 0.0502. The maximum Gasteiger partial charge on any atom is 0.315 e. The van der Waals surface area contributed by atoms with Crippen LogP contribution in [0.15, 0.2) is 67.0 Å². The smallest absolute Gasteiger partial charge is 0.315 e. The Balaban J connectivity index is 1.52. The lowest BCUT2D eigenvalue weighted by Gasteiger charge is -2.24. The Morgan fingerprint density at radius 3 is 2.33 bits per heavy atom. The van der Waals surface area contributed by atoms with E-state index in [1.54, 1.807) is 4.68 Å². The van der Waals surface area contributed by atoms with Crippen molar-refractivity contribution in [3.05, 3.63) is 78.1 Å². The van der Waals surface area contributed by atoms with Crippen LogP contribution in [0.4, 0.5) is 4.79 Å². The molecule has 1 aromatic heterocycles. The first-order valence-corrected chi connectivity index (χ1v) is 9.94. The van der Waals surface area contributed by atoms with E-state index >= 15 is 0 Å². The molecule has 2 atom stereocenters. The third-order valence-electron chi connectivity index (χ3n) is 4.90. The predicted molar refractivity (Wildman–Crippen MR) is 118 cm³/mol. The summed E-state index contributed by atoms with van der Waals surface area (Å²) in [5, 5.41) is 10.2. The number of hydrogen-bond donors (Lipinski definition) is 2. The minimum Gasteiger partial charge on any atom is -0.457 e. The quantitative estimate of drug-likeness (QED) is 0.595. The molecule has 0 aliphatic heterocycles. The van der Waals surface area contributed by atoms with Gasteiger partial charge in [-0.25, -0.2) is 4.79 Å². The molecule has 7 heteroatoms. The molecule has 158 valence electrons. The molecule has 0 spiro atoms. The van der Waals surface area contributed by atoms with Crippen molar-refractivity contribution < 1.29 is 9.53 Å². The number of rotatable bonds is 8. The lowest BCUT2D eigenvalue weighted by molar-refractivity contribution is 0.230. The lowest BCUT2D eigenvalue weighted by atomic mass is 10.1. The van der Waals surface area contributed by atoms with Crippen LogP contribution in [0.25, 0.3) is 0 Å². The van der Waals surface area contributed by atoms with E-state index in [4.69, 9.17) is 4.74 Å². The molecule has 2 amide bonds. The maximum atomic E-state index is 12.4. The van der Waals surface area contributed by atoms with E-state index in [-0.39, 0.29) is 18.1 Å². The van der Waals surface area contributed by atoms with E-state index in [9.17, 15) is 4.79 Å². The minimum atomic E-state index is -0.206. The number of ether oxygens (including phenoxy) is 1. The molecule has 30 heavy (non-hydrogen) atoms. The standard InChI is InChI=1S/C23H29N5O2/c1-17(18-10-12-21(13-11-18)30-20-8-6-5-7-9-20)26-23(29)24-15-22(27(2)3)19-14-25-28(4)16-19/h5-14,16-17,22H,15H2,1-4H3,(H2,24,26,29). The van der Waals surface area contributed by atoms with Gasteiger partial charge in [0.05, 0.1) is 18.3 Å². The van der Waals surface area contributed by atoms with Gasteiger partial charge in [-0.3, -0.25) is 4.68 Å². The Bertz CT molecular complexity index is 938. The SMILES string of the molecule is CC(NC(=O)NCC(c1cnn(C)c1)N(C)C)c1ccc(Oc2ccccc2)cc1. The van der Waals surface area contributed by atoms with Crippen molar-refractivity contribution in [3.63, 3.8) is 0 Å². The van der Waals surface area contributed by atoms with E-state index in [1.165, 1.54) is 0 Å². The van der Waals surface area contributed by atoms with Crippen LogP contribution in [0.5, 0.6) is 11.5 Å². The summed E-state index contributed by atoms with van der Waals surface area (Å²) in [6.07, 6.45) is 3.79. The zero-order chi connectivity index (χ0) is 21.5. The number of nitrogens with one attached hydrogen (secondary N) is 2. The van der Waals surface area contributed by atoms with Crippen LogP contribution >= 0.6 is 0 Å². The first-order chi connectivity index (χ1) is 14.4. The number of amides is 2. The fourth-order valence-electron chi connectivity index (χ4n) is 3.18. The van der Waals surface area contributed by atoms with Gasteiger partial charge < -0.3 is 20.3 Å². The lowest BCUT2D eigenvalue weighted by Crippen LogP contribution is -2.41. The molecule has 2 unspecified atom stereocenters. The molecular weight excluding hydrogens is 378 g/mol. The van der Waals surface area contributed by atoms with Gasteiger partial charge in [-0.1, -0.05) is 30.3 Å². The second-order valence-corrected chi connectivity index (χ2v) is 7.49. The first kappa shape index (κ1) is 21.4. The number of carbonyl (C=O) groups is 1. The van der Waals surface area contributed by atoms with E-state index < -0.39 is 0 Å². The van der Waals surface area contributed by atoms with Crippen LogP contribution in [-0.4, -0.2) is 41.4 Å². The van der Waals surface area contributed by atoms with Crippen LogP contribution < -0.4 is 15.4 Å². The second kappa shape index (κ2) is 9.93. The van der Waals surface area contributed by atoms with Gasteiger partial charge in [0, 0.05) is 25.4 Å². The third kappa shape index (κ3) is 5.84. The van der Waals surface area contributed by atoms with Crippen LogP contribution in [0.2, 0.25) is 0 Å². The molecule has 0 aliphatic rings. The van der Waals surface area contributed by atoms with Crippen molar-refractivity contribution >= 4 is 6.03 Å². The number of likely N-dealkylation sites (N-methyl/N-ethyl adjacent to an activating group) is 1. The highest BCUT2D eigenvalue weighted by atomic mass is 16.5. The summed E-state index contributed by atoms with van der Waals surface area (Å²) in [4.78, 5) is 14.5. The molecule has 0 bridgehead atoms. The van der Waals surface area contributed by atoms with Crippen LogP contribution in [-0.2, 0) is 7.05 Å². The summed E-state index contributed by atoms with van der Waals surface area (Å²) in [5.74, 6) is 1.55. The van der Waals surface area contributed by atoms with Gasteiger partial charge in [-0.15, -0.1) is 0 Å². The number of hydrogen-bond acceptors (Lipinski definition) is 4. The van der Waals surface area contributed by atoms with E-state index in [2.05, 4.69) is 20.6 Å². The number of nitrogens with zero attached hydrogens (tertiary/aromatic N) is 3. The Hall–Kier alpha value is -3.32. The van der Waals surface area contributed by atoms with Crippen molar-refractivity contribution in [2.75, 3.05) is 20.6 Å². The molecule has 0 radical (unpaired) electrons. The molecular formula is C23H29N5O2. The number of carbonyl (C=O) groups excluding carboxylic acids is 1. The molecule has 0 saturated heterocycles. The number of benzene rings is 2. The fourth-order valence-corrected chi connectivity index (χ4v) is 3.18. The zero-order valence-electron chi connectivity index (χ0n) is 17.9. The average Bonchev–Trinajstić information content (AvgIpc) is 3.15. The van der Waals surface area contributed by atoms with Gasteiger partial charge in [-0.2, -0.15) is 5.10 Å². The highest BCUT2D eigenvalue weighted by Crippen LogP contribution is 2.23. The molecule has 7 nitrogen and oxygen atoms in total. The first-order valence-electron chi connectivity index (χ1n) is 9.94. The highest BCUT2D eigenvalue weighted by Gasteiger charge is 2.17. The average molecular weight is 408 g/mol. The normalized spacial score (nSPS) is 13.0. The van der Waals surface area contributed by atoms with E-state index in [0.717, 1.165) is 22.6 Å². The van der Waals surface area contributed by atoms with Crippen molar-refractivity contribution in [2.45, 2.75) is 19.0 Å². The summed E-state index contributed by atoms with van der Waals surface area (Å²) in [7, 11) is 5.85. The van der Waals surface area contributed by atoms with Gasteiger partial charge >= 0.3 is 6.03 Å². The number of para-hydroxylation sites is 1. The Labute approximate surface area is 177 Å². The molecule has 0 fully saturated rings. The van der Waals surface area contributed by atoms with Crippen LogP contribution in [0.3, 0.4) is 0 Å². The number of urea groups is 1. The van der Waals surface area contributed by atoms with E-state index in [1.807, 2.05) is 95.1 Å². The van der Waals surface area contributed by atoms with Crippen LogP contribution in [0.1, 0.15) is 30.1 Å². The molecule has 0 aliphatic carbocycles. The summed E-state index contributed by atoms with van der Waals surface area (Å²) in [6, 6.07) is 17.1. The molecule has 0 saturated carbocycles. The molecule has 2 N–H and O–H groups in total. The van der Waals surface area contributed by atoms with Crippen molar-refractivity contribution in [3.8, 4) is 11.5 Å². The molecule has 3 rings (SSSR count). The number of aromatic nitrogens is 2. The molecule has 2 aromatic carbocycles. The Morgan fingerprint density at radius 1 is 1.07 bits per heavy atom. The summed E-state index contributed by atoms with van der Waals surface area (Å²) in [5.41, 5.74) is 2.06. The van der Waals surface area contributed by atoms with Gasteiger partial charge in [-0.05, 0) is 50.8 Å². The second-order valence-electron chi connectivity index (χ2n) is 7.49. The summed E-state index contributed by atoms with van der Waals surface area (Å²) < 4.78 is 7.58. The largest absolute Gasteiger partial charge is 0.457 e. The van der Waals surface area contributed by atoms with Gasteiger partial charge in [0.15, 0.2) is 0 Å². The van der Waals surface area contributed by atoms with Crippen LogP contribution in [0, 0.1) is 0 Å². The predicted octanol–water partition coefficient (Wildman–Crippen LogP) is 3.88.